The van der Waals surface area contributed by atoms with Crippen molar-refractivity contribution >= 4 is 23.3 Å². The largest absolute Gasteiger partial charge is 0.433 e. The van der Waals surface area contributed by atoms with Crippen LogP contribution < -0.4 is 11.2 Å². The summed E-state index contributed by atoms with van der Waals surface area (Å²) in [6.45, 7) is -0.0367. The standard InChI is InChI=1S/C15H12F5N5/c16-12-2-1-9(5-13(12)17)23-7-11(25-21)8-24-10-3-4-22-14(6-10)15(18,19)20/h1-7H,8,21H2,(H,22,24)/b23-7?,25-11+. The smallest absolute Gasteiger partial charge is 0.379 e. The van der Waals surface area contributed by atoms with Crippen molar-refractivity contribution in [3.05, 3.63) is 53.9 Å². The number of aliphatic imine (C=N–C) groups is 1. The lowest BCUT2D eigenvalue weighted by molar-refractivity contribution is -0.141. The highest BCUT2D eigenvalue weighted by molar-refractivity contribution is 6.32. The van der Waals surface area contributed by atoms with Crippen LogP contribution in [0.5, 0.6) is 0 Å². The van der Waals surface area contributed by atoms with Crippen LogP contribution in [0.15, 0.2) is 46.6 Å². The summed E-state index contributed by atoms with van der Waals surface area (Å²) in [6, 6.07) is 5.21. The van der Waals surface area contributed by atoms with Gasteiger partial charge in [-0.2, -0.15) is 18.3 Å². The molecular weight excluding hydrogens is 345 g/mol. The molecule has 0 unspecified atom stereocenters. The maximum Gasteiger partial charge on any atom is 0.433 e. The maximum atomic E-state index is 13.1. The Morgan fingerprint density at radius 3 is 2.56 bits per heavy atom. The Morgan fingerprint density at radius 2 is 1.92 bits per heavy atom. The van der Waals surface area contributed by atoms with Crippen molar-refractivity contribution in [2.24, 2.45) is 15.9 Å². The van der Waals surface area contributed by atoms with Gasteiger partial charge in [0.05, 0.1) is 24.2 Å². The molecule has 0 atom stereocenters. The Hall–Kier alpha value is -3.04. The van der Waals surface area contributed by atoms with Crippen LogP contribution in [-0.2, 0) is 6.18 Å². The van der Waals surface area contributed by atoms with Gasteiger partial charge >= 0.3 is 6.18 Å². The molecule has 0 spiro atoms. The van der Waals surface area contributed by atoms with Crippen molar-refractivity contribution in [1.29, 1.82) is 0 Å². The fraction of sp³-hybridized carbons (Fsp3) is 0.133. The average molecular weight is 357 g/mol. The number of nitrogens with zero attached hydrogens (tertiary/aromatic N) is 3. The van der Waals surface area contributed by atoms with Crippen molar-refractivity contribution in [3.63, 3.8) is 0 Å². The molecule has 0 radical (unpaired) electrons. The van der Waals surface area contributed by atoms with Crippen molar-refractivity contribution in [2.75, 3.05) is 11.9 Å². The van der Waals surface area contributed by atoms with Crippen molar-refractivity contribution < 1.29 is 22.0 Å². The lowest BCUT2D eigenvalue weighted by atomic mass is 10.3. The van der Waals surface area contributed by atoms with E-state index < -0.39 is 23.5 Å². The SMILES string of the molecule is N/N=C(\C=Nc1ccc(F)c(F)c1)CNc1ccnc(C(F)(F)F)c1. The molecule has 0 saturated carbocycles. The number of alkyl halides is 3. The number of pyridine rings is 1. The number of hydrogen-bond donors (Lipinski definition) is 2. The van der Waals surface area contributed by atoms with Gasteiger partial charge in [-0.15, -0.1) is 0 Å². The second-order valence-electron chi connectivity index (χ2n) is 4.76. The van der Waals surface area contributed by atoms with Crippen LogP contribution in [0.2, 0.25) is 0 Å². The van der Waals surface area contributed by atoms with E-state index in [0.717, 1.165) is 24.4 Å². The Morgan fingerprint density at radius 1 is 1.16 bits per heavy atom. The lowest BCUT2D eigenvalue weighted by Crippen LogP contribution is -2.17. The third kappa shape index (κ3) is 5.23. The molecule has 0 saturated heterocycles. The zero-order valence-corrected chi connectivity index (χ0v) is 12.6. The van der Waals surface area contributed by atoms with E-state index in [1.165, 1.54) is 18.3 Å². The van der Waals surface area contributed by atoms with Gasteiger partial charge in [0.15, 0.2) is 11.6 Å². The van der Waals surface area contributed by atoms with Gasteiger partial charge in [-0.05, 0) is 24.3 Å². The fourth-order valence-corrected chi connectivity index (χ4v) is 1.73. The van der Waals surface area contributed by atoms with Crippen LogP contribution in [0.25, 0.3) is 0 Å². The Balaban J connectivity index is 2.03. The lowest BCUT2D eigenvalue weighted by Gasteiger charge is -2.09. The minimum atomic E-state index is -4.56. The molecule has 2 aromatic rings. The molecule has 132 valence electrons. The first-order chi connectivity index (χ1) is 11.8. The minimum absolute atomic E-state index is 0.0367. The van der Waals surface area contributed by atoms with Crippen molar-refractivity contribution in [2.45, 2.75) is 6.18 Å². The summed E-state index contributed by atoms with van der Waals surface area (Å²) in [5.74, 6) is 3.12. The molecule has 0 fully saturated rings. The van der Waals surface area contributed by atoms with E-state index in [-0.39, 0.29) is 23.6 Å². The normalized spacial score (nSPS) is 12.6. The molecule has 0 aliphatic heterocycles. The molecule has 0 bridgehead atoms. The van der Waals surface area contributed by atoms with Crippen LogP contribution in [0.3, 0.4) is 0 Å². The predicted molar refractivity (Wildman–Crippen MR) is 83.9 cm³/mol. The number of rotatable bonds is 5. The highest BCUT2D eigenvalue weighted by atomic mass is 19.4. The van der Waals surface area contributed by atoms with Gasteiger partial charge in [0.25, 0.3) is 0 Å². The molecule has 25 heavy (non-hydrogen) atoms. The highest BCUT2D eigenvalue weighted by Crippen LogP contribution is 2.28. The van der Waals surface area contributed by atoms with E-state index in [0.29, 0.717) is 0 Å². The molecule has 0 aliphatic rings. The van der Waals surface area contributed by atoms with Crippen LogP contribution in [-0.4, -0.2) is 23.5 Å². The number of anilines is 1. The second-order valence-corrected chi connectivity index (χ2v) is 4.76. The summed E-state index contributed by atoms with van der Waals surface area (Å²) in [5, 5.41) is 6.12. The molecule has 3 N–H and O–H groups in total. The molecule has 10 heteroatoms. The van der Waals surface area contributed by atoms with E-state index >= 15 is 0 Å². The van der Waals surface area contributed by atoms with Gasteiger partial charge in [-0.1, -0.05) is 0 Å². The van der Waals surface area contributed by atoms with Crippen LogP contribution in [0, 0.1) is 11.6 Å². The maximum absolute atomic E-state index is 13.1. The van der Waals surface area contributed by atoms with E-state index in [1.54, 1.807) is 0 Å². The average Bonchev–Trinajstić information content (AvgIpc) is 2.57. The van der Waals surface area contributed by atoms with Crippen LogP contribution >= 0.6 is 0 Å². The number of aromatic nitrogens is 1. The number of nitrogens with two attached hydrogens (primary N) is 1. The van der Waals surface area contributed by atoms with Crippen molar-refractivity contribution in [1.82, 2.24) is 4.98 Å². The number of hydrogen-bond acceptors (Lipinski definition) is 5. The molecule has 5 nitrogen and oxygen atoms in total. The molecule has 1 aromatic carbocycles. The quantitative estimate of drug-likeness (QED) is 0.372. The monoisotopic (exact) mass is 357 g/mol. The Bertz CT molecular complexity index is 801. The van der Waals surface area contributed by atoms with E-state index in [4.69, 9.17) is 5.84 Å². The van der Waals surface area contributed by atoms with Gasteiger partial charge in [0.1, 0.15) is 5.69 Å². The predicted octanol–water partition coefficient (Wildman–Crippen LogP) is 3.51. The summed E-state index contributed by atoms with van der Waals surface area (Å²) in [6.07, 6.45) is -2.36. The molecule has 1 aromatic heterocycles. The topological polar surface area (TPSA) is 75.7 Å². The molecular formula is C15H12F5N5. The number of hydrazone groups is 1. The summed E-state index contributed by atoms with van der Waals surface area (Å²) < 4.78 is 63.7. The van der Waals surface area contributed by atoms with E-state index in [9.17, 15) is 22.0 Å². The minimum Gasteiger partial charge on any atom is -0.379 e. The third-order valence-corrected chi connectivity index (χ3v) is 2.96. The van der Waals surface area contributed by atoms with Gasteiger partial charge in [0.2, 0.25) is 0 Å². The zero-order chi connectivity index (χ0) is 18.4. The first-order valence-corrected chi connectivity index (χ1v) is 6.82. The van der Waals surface area contributed by atoms with Gasteiger partial charge in [-0.3, -0.25) is 9.98 Å². The highest BCUT2D eigenvalue weighted by Gasteiger charge is 2.32. The summed E-state index contributed by atoms with van der Waals surface area (Å²) in [4.78, 5) is 7.11. The number of nitrogens with one attached hydrogen (secondary N) is 1. The molecule has 1 heterocycles. The molecule has 0 aliphatic carbocycles. The summed E-state index contributed by atoms with van der Waals surface area (Å²) in [5.41, 5.74) is -0.581. The fourth-order valence-electron chi connectivity index (χ4n) is 1.73. The molecule has 0 amide bonds. The van der Waals surface area contributed by atoms with Crippen LogP contribution in [0.1, 0.15) is 5.69 Å². The first-order valence-electron chi connectivity index (χ1n) is 6.82. The van der Waals surface area contributed by atoms with E-state index in [2.05, 4.69) is 20.4 Å². The number of halogens is 5. The van der Waals surface area contributed by atoms with Crippen LogP contribution in [0.4, 0.5) is 33.3 Å². The molecule has 2 rings (SSSR count). The number of benzene rings is 1. The Labute approximate surface area is 139 Å². The van der Waals surface area contributed by atoms with Gasteiger partial charge in [0, 0.05) is 18.0 Å². The zero-order valence-electron chi connectivity index (χ0n) is 12.6. The summed E-state index contributed by atoms with van der Waals surface area (Å²) >= 11 is 0. The summed E-state index contributed by atoms with van der Waals surface area (Å²) in [7, 11) is 0. The Kier molecular flexibility index (Phi) is 5.63. The third-order valence-electron chi connectivity index (χ3n) is 2.96. The van der Waals surface area contributed by atoms with Crippen molar-refractivity contribution in [3.8, 4) is 0 Å². The first kappa shape index (κ1) is 18.3. The van der Waals surface area contributed by atoms with Gasteiger partial charge in [-0.25, -0.2) is 8.78 Å². The second kappa shape index (κ2) is 7.69. The van der Waals surface area contributed by atoms with Gasteiger partial charge < -0.3 is 11.2 Å². The van der Waals surface area contributed by atoms with E-state index in [1.807, 2.05) is 0 Å².